The SMILES string of the molecule is CCC(=O)N1CCC(NC(=NC)NCCOc2ccccc2C(C)C)C1. The number of carbonyl (C=O) groups is 1. The fraction of sp³-hybridized carbons (Fsp3) is 0.600. The number of likely N-dealkylation sites (tertiary alicyclic amines) is 1. The Balaban J connectivity index is 1.74. The van der Waals surface area contributed by atoms with Gasteiger partial charge in [-0.05, 0) is 24.0 Å². The monoisotopic (exact) mass is 360 g/mol. The Morgan fingerprint density at radius 1 is 1.38 bits per heavy atom. The lowest BCUT2D eigenvalue weighted by Crippen LogP contribution is -2.46. The number of nitrogens with one attached hydrogen (secondary N) is 2. The number of para-hydroxylation sites is 1. The molecule has 1 unspecified atom stereocenters. The Labute approximate surface area is 157 Å². The van der Waals surface area contributed by atoms with Gasteiger partial charge < -0.3 is 20.3 Å². The zero-order valence-electron chi connectivity index (χ0n) is 16.4. The number of hydrogen-bond acceptors (Lipinski definition) is 3. The summed E-state index contributed by atoms with van der Waals surface area (Å²) in [7, 11) is 1.76. The standard InChI is InChI=1S/C20H32N4O2/c1-5-19(25)24-12-10-16(14-24)23-20(21-4)22-11-13-26-18-9-7-6-8-17(18)15(2)3/h6-9,15-16H,5,10-14H2,1-4H3,(H2,21,22,23). The number of benzene rings is 1. The van der Waals surface area contributed by atoms with Crippen molar-refractivity contribution < 1.29 is 9.53 Å². The number of amides is 1. The van der Waals surface area contributed by atoms with Crippen LogP contribution in [0.3, 0.4) is 0 Å². The second-order valence-electron chi connectivity index (χ2n) is 6.86. The minimum Gasteiger partial charge on any atom is -0.491 e. The predicted molar refractivity (Wildman–Crippen MR) is 106 cm³/mol. The highest BCUT2D eigenvalue weighted by atomic mass is 16.5. The van der Waals surface area contributed by atoms with Crippen LogP contribution in [0.25, 0.3) is 0 Å². The van der Waals surface area contributed by atoms with E-state index < -0.39 is 0 Å². The topological polar surface area (TPSA) is 66.0 Å². The average molecular weight is 361 g/mol. The van der Waals surface area contributed by atoms with Gasteiger partial charge in [0.05, 0.1) is 6.54 Å². The summed E-state index contributed by atoms with van der Waals surface area (Å²) in [5, 5.41) is 6.68. The van der Waals surface area contributed by atoms with Crippen LogP contribution >= 0.6 is 0 Å². The molecule has 0 radical (unpaired) electrons. The van der Waals surface area contributed by atoms with Crippen LogP contribution in [-0.4, -0.2) is 56.1 Å². The Morgan fingerprint density at radius 2 is 2.15 bits per heavy atom. The summed E-state index contributed by atoms with van der Waals surface area (Å²) < 4.78 is 5.93. The zero-order chi connectivity index (χ0) is 18.9. The van der Waals surface area contributed by atoms with Gasteiger partial charge in [-0.1, -0.05) is 39.0 Å². The van der Waals surface area contributed by atoms with Gasteiger partial charge in [-0.2, -0.15) is 0 Å². The van der Waals surface area contributed by atoms with Gasteiger partial charge in [-0.15, -0.1) is 0 Å². The molecule has 0 spiro atoms. The van der Waals surface area contributed by atoms with Crippen molar-refractivity contribution in [3.8, 4) is 5.75 Å². The first-order chi connectivity index (χ1) is 12.5. The van der Waals surface area contributed by atoms with Crippen LogP contribution in [0, 0.1) is 0 Å². The van der Waals surface area contributed by atoms with E-state index in [4.69, 9.17) is 4.74 Å². The third kappa shape index (κ3) is 5.64. The molecule has 1 amide bonds. The summed E-state index contributed by atoms with van der Waals surface area (Å²) in [5.41, 5.74) is 1.22. The molecule has 1 atom stereocenters. The minimum absolute atomic E-state index is 0.217. The molecule has 1 aliphatic heterocycles. The maximum absolute atomic E-state index is 11.8. The first-order valence-electron chi connectivity index (χ1n) is 9.51. The number of guanidine groups is 1. The van der Waals surface area contributed by atoms with Crippen LogP contribution in [0.1, 0.15) is 45.1 Å². The van der Waals surface area contributed by atoms with Gasteiger partial charge in [-0.25, -0.2) is 0 Å². The van der Waals surface area contributed by atoms with Crippen LogP contribution in [0.2, 0.25) is 0 Å². The molecule has 1 aliphatic rings. The average Bonchev–Trinajstić information content (AvgIpc) is 3.12. The molecule has 2 N–H and O–H groups in total. The van der Waals surface area contributed by atoms with Crippen LogP contribution in [0.15, 0.2) is 29.3 Å². The molecule has 0 aliphatic carbocycles. The van der Waals surface area contributed by atoms with E-state index in [1.807, 2.05) is 30.0 Å². The van der Waals surface area contributed by atoms with Crippen molar-refractivity contribution in [1.82, 2.24) is 15.5 Å². The maximum Gasteiger partial charge on any atom is 0.222 e. The number of rotatable bonds is 7. The lowest BCUT2D eigenvalue weighted by molar-refractivity contribution is -0.129. The van der Waals surface area contributed by atoms with Gasteiger partial charge >= 0.3 is 0 Å². The third-order valence-electron chi connectivity index (χ3n) is 4.60. The molecule has 144 valence electrons. The molecule has 1 fully saturated rings. The van der Waals surface area contributed by atoms with Crippen molar-refractivity contribution in [2.24, 2.45) is 4.99 Å². The van der Waals surface area contributed by atoms with Crippen molar-refractivity contribution in [3.63, 3.8) is 0 Å². The molecule has 26 heavy (non-hydrogen) atoms. The second-order valence-corrected chi connectivity index (χ2v) is 6.86. The normalized spacial score (nSPS) is 17.5. The van der Waals surface area contributed by atoms with E-state index in [0.717, 1.165) is 31.2 Å². The smallest absolute Gasteiger partial charge is 0.222 e. The fourth-order valence-electron chi connectivity index (χ4n) is 3.14. The van der Waals surface area contributed by atoms with E-state index >= 15 is 0 Å². The molecular formula is C20H32N4O2. The maximum atomic E-state index is 11.8. The van der Waals surface area contributed by atoms with Gasteiger partial charge in [0.1, 0.15) is 12.4 Å². The summed E-state index contributed by atoms with van der Waals surface area (Å²) in [6.07, 6.45) is 1.51. The van der Waals surface area contributed by atoms with Crippen molar-refractivity contribution in [1.29, 1.82) is 0 Å². The van der Waals surface area contributed by atoms with E-state index in [1.165, 1.54) is 5.56 Å². The lowest BCUT2D eigenvalue weighted by atomic mass is 10.0. The van der Waals surface area contributed by atoms with E-state index in [9.17, 15) is 4.79 Å². The first kappa shape index (κ1) is 20.1. The summed E-state index contributed by atoms with van der Waals surface area (Å²) in [6, 6.07) is 8.41. The molecule has 6 heteroatoms. The van der Waals surface area contributed by atoms with E-state index in [-0.39, 0.29) is 11.9 Å². The zero-order valence-corrected chi connectivity index (χ0v) is 16.4. The molecule has 0 bridgehead atoms. The molecular weight excluding hydrogens is 328 g/mol. The van der Waals surface area contributed by atoms with E-state index in [2.05, 4.69) is 35.5 Å². The lowest BCUT2D eigenvalue weighted by Gasteiger charge is -2.19. The van der Waals surface area contributed by atoms with E-state index in [1.54, 1.807) is 7.05 Å². The molecule has 1 aromatic rings. The molecule has 2 rings (SSSR count). The van der Waals surface area contributed by atoms with Crippen LogP contribution in [-0.2, 0) is 4.79 Å². The number of nitrogens with zero attached hydrogens (tertiary/aromatic N) is 2. The van der Waals surface area contributed by atoms with Crippen molar-refractivity contribution in [2.45, 2.75) is 45.6 Å². The number of aliphatic imine (C=N–C) groups is 1. The summed E-state index contributed by atoms with van der Waals surface area (Å²) >= 11 is 0. The molecule has 0 aromatic heterocycles. The van der Waals surface area contributed by atoms with Crippen molar-refractivity contribution in [2.75, 3.05) is 33.3 Å². The quantitative estimate of drug-likeness (QED) is 0.445. The Hall–Kier alpha value is -2.24. The fourth-order valence-corrected chi connectivity index (χ4v) is 3.14. The largest absolute Gasteiger partial charge is 0.491 e. The van der Waals surface area contributed by atoms with Crippen LogP contribution in [0.5, 0.6) is 5.75 Å². The number of carbonyl (C=O) groups excluding carboxylic acids is 1. The van der Waals surface area contributed by atoms with Crippen LogP contribution < -0.4 is 15.4 Å². The van der Waals surface area contributed by atoms with Gasteiger partial charge in [0.2, 0.25) is 5.91 Å². The molecule has 1 aromatic carbocycles. The van der Waals surface area contributed by atoms with E-state index in [0.29, 0.717) is 25.5 Å². The first-order valence-corrected chi connectivity index (χ1v) is 9.51. The minimum atomic E-state index is 0.217. The Kier molecular flexibility index (Phi) is 7.75. The van der Waals surface area contributed by atoms with Crippen LogP contribution in [0.4, 0.5) is 0 Å². The summed E-state index contributed by atoms with van der Waals surface area (Å²) in [5.74, 6) is 2.34. The molecule has 0 saturated carbocycles. The van der Waals surface area contributed by atoms with Crippen molar-refractivity contribution in [3.05, 3.63) is 29.8 Å². The van der Waals surface area contributed by atoms with Gasteiger partial charge in [0.15, 0.2) is 5.96 Å². The predicted octanol–water partition coefficient (Wildman–Crippen LogP) is 2.36. The van der Waals surface area contributed by atoms with Gasteiger partial charge in [0.25, 0.3) is 0 Å². The van der Waals surface area contributed by atoms with Gasteiger partial charge in [0, 0.05) is 32.6 Å². The third-order valence-corrected chi connectivity index (χ3v) is 4.60. The highest BCUT2D eigenvalue weighted by Crippen LogP contribution is 2.25. The molecule has 1 saturated heterocycles. The number of ether oxygens (including phenoxy) is 1. The summed E-state index contributed by atoms with van der Waals surface area (Å²) in [6.45, 7) is 9.02. The van der Waals surface area contributed by atoms with Gasteiger partial charge in [-0.3, -0.25) is 9.79 Å². The Morgan fingerprint density at radius 3 is 2.85 bits per heavy atom. The summed E-state index contributed by atoms with van der Waals surface area (Å²) in [4.78, 5) is 18.0. The highest BCUT2D eigenvalue weighted by Gasteiger charge is 2.25. The van der Waals surface area contributed by atoms with Crippen molar-refractivity contribution >= 4 is 11.9 Å². The second kappa shape index (κ2) is 10.0. The number of hydrogen-bond donors (Lipinski definition) is 2. The Bertz CT molecular complexity index is 616. The highest BCUT2D eigenvalue weighted by molar-refractivity contribution is 5.80. The molecule has 6 nitrogen and oxygen atoms in total. The molecule has 1 heterocycles.